The summed E-state index contributed by atoms with van der Waals surface area (Å²) in [7, 11) is 3.47. The van der Waals surface area contributed by atoms with Gasteiger partial charge in [0.15, 0.2) is 0 Å². The van der Waals surface area contributed by atoms with Gasteiger partial charge in [-0.1, -0.05) is 12.2 Å². The Morgan fingerprint density at radius 1 is 0.933 bits per heavy atom. The van der Waals surface area contributed by atoms with Crippen LogP contribution < -0.4 is 9.47 Å². The predicted molar refractivity (Wildman–Crippen MR) is 58.8 cm³/mol. The van der Waals surface area contributed by atoms with Crippen LogP contribution in [-0.2, 0) is 0 Å². The molecular weight excluding hydrogens is 188 g/mol. The monoisotopic (exact) mass is 202 g/mol. The van der Waals surface area contributed by atoms with Crippen LogP contribution in [-0.4, -0.2) is 14.2 Å². The zero-order valence-corrected chi connectivity index (χ0v) is 8.99. The molecule has 2 bridgehead atoms. The molecule has 0 spiro atoms. The van der Waals surface area contributed by atoms with Crippen LogP contribution in [0.15, 0.2) is 24.3 Å². The summed E-state index contributed by atoms with van der Waals surface area (Å²) in [5.74, 6) is 3.08. The van der Waals surface area contributed by atoms with Crippen LogP contribution in [0.5, 0.6) is 11.5 Å². The van der Waals surface area contributed by atoms with Crippen LogP contribution in [0.2, 0.25) is 0 Å². The number of allylic oxidation sites excluding steroid dienone is 2. The van der Waals surface area contributed by atoms with Crippen molar-refractivity contribution >= 4 is 0 Å². The van der Waals surface area contributed by atoms with Gasteiger partial charge in [0, 0.05) is 23.0 Å². The lowest BCUT2D eigenvalue weighted by atomic mass is 9.95. The van der Waals surface area contributed by atoms with Gasteiger partial charge in [-0.2, -0.15) is 0 Å². The van der Waals surface area contributed by atoms with Crippen molar-refractivity contribution in [2.45, 2.75) is 18.3 Å². The molecule has 2 atom stereocenters. The smallest absolute Gasteiger partial charge is 0.123 e. The summed E-state index contributed by atoms with van der Waals surface area (Å²) in [6, 6.07) is 4.01. The normalized spacial score (nSPS) is 25.5. The number of hydrogen-bond donors (Lipinski definition) is 0. The molecule has 0 amide bonds. The quantitative estimate of drug-likeness (QED) is 0.686. The van der Waals surface area contributed by atoms with E-state index in [-0.39, 0.29) is 0 Å². The largest absolute Gasteiger partial charge is 0.496 e. The molecule has 0 fully saturated rings. The van der Waals surface area contributed by atoms with Crippen molar-refractivity contribution in [1.29, 1.82) is 0 Å². The summed E-state index contributed by atoms with van der Waals surface area (Å²) in [6.07, 6.45) is 5.76. The number of benzene rings is 1. The SMILES string of the molecule is COc1ccc(OC)c2c1C1C=CC2C1. The highest BCUT2D eigenvalue weighted by molar-refractivity contribution is 5.60. The molecule has 0 aliphatic heterocycles. The second kappa shape index (κ2) is 3.02. The van der Waals surface area contributed by atoms with Crippen molar-refractivity contribution < 1.29 is 9.47 Å². The molecule has 2 heteroatoms. The van der Waals surface area contributed by atoms with E-state index < -0.39 is 0 Å². The van der Waals surface area contributed by atoms with Crippen LogP contribution >= 0.6 is 0 Å². The number of ether oxygens (including phenoxy) is 2. The Hall–Kier alpha value is -1.44. The van der Waals surface area contributed by atoms with Crippen molar-refractivity contribution in [3.05, 3.63) is 35.4 Å². The highest BCUT2D eigenvalue weighted by atomic mass is 16.5. The van der Waals surface area contributed by atoms with E-state index in [9.17, 15) is 0 Å². The third-order valence-corrected chi connectivity index (χ3v) is 3.47. The first-order chi connectivity index (χ1) is 7.35. The van der Waals surface area contributed by atoms with Gasteiger partial charge in [0.05, 0.1) is 14.2 Å². The van der Waals surface area contributed by atoms with E-state index in [4.69, 9.17) is 9.47 Å². The number of rotatable bonds is 2. The maximum Gasteiger partial charge on any atom is 0.123 e. The van der Waals surface area contributed by atoms with Gasteiger partial charge < -0.3 is 9.47 Å². The standard InChI is InChI=1S/C13H14O2/c1-14-10-5-6-11(15-2)13-9-4-3-8(7-9)12(10)13/h3-6,8-9H,7H2,1-2H3. The minimum absolute atomic E-state index is 0.537. The van der Waals surface area contributed by atoms with Gasteiger partial charge in [-0.05, 0) is 18.6 Å². The lowest BCUT2D eigenvalue weighted by molar-refractivity contribution is 0.396. The van der Waals surface area contributed by atoms with Crippen molar-refractivity contribution in [1.82, 2.24) is 0 Å². The third kappa shape index (κ3) is 1.05. The Bertz CT molecular complexity index is 395. The van der Waals surface area contributed by atoms with E-state index in [2.05, 4.69) is 12.2 Å². The molecule has 2 nitrogen and oxygen atoms in total. The molecule has 0 N–H and O–H groups in total. The third-order valence-electron chi connectivity index (χ3n) is 3.47. The predicted octanol–water partition coefficient (Wildman–Crippen LogP) is 2.84. The number of methoxy groups -OCH3 is 2. The van der Waals surface area contributed by atoms with Crippen LogP contribution in [0.4, 0.5) is 0 Å². The first-order valence-electron chi connectivity index (χ1n) is 5.28. The van der Waals surface area contributed by atoms with Crippen LogP contribution in [0.25, 0.3) is 0 Å². The lowest BCUT2D eigenvalue weighted by Gasteiger charge is -2.17. The fourth-order valence-corrected chi connectivity index (χ4v) is 2.84. The van der Waals surface area contributed by atoms with E-state index in [1.807, 2.05) is 12.1 Å². The fourth-order valence-electron chi connectivity index (χ4n) is 2.84. The van der Waals surface area contributed by atoms with Gasteiger partial charge in [-0.15, -0.1) is 0 Å². The van der Waals surface area contributed by atoms with E-state index in [1.54, 1.807) is 14.2 Å². The van der Waals surface area contributed by atoms with Crippen molar-refractivity contribution in [3.8, 4) is 11.5 Å². The highest BCUT2D eigenvalue weighted by Crippen LogP contribution is 2.54. The van der Waals surface area contributed by atoms with Crippen LogP contribution in [0.3, 0.4) is 0 Å². The summed E-state index contributed by atoms with van der Waals surface area (Å²) < 4.78 is 10.8. The molecule has 2 aliphatic rings. The molecule has 15 heavy (non-hydrogen) atoms. The second-order valence-electron chi connectivity index (χ2n) is 4.13. The molecule has 0 saturated heterocycles. The average Bonchev–Trinajstić information content (AvgIpc) is 2.88. The van der Waals surface area contributed by atoms with Gasteiger partial charge in [0.2, 0.25) is 0 Å². The minimum Gasteiger partial charge on any atom is -0.496 e. The molecule has 2 unspecified atom stereocenters. The lowest BCUT2D eigenvalue weighted by Crippen LogP contribution is -2.00. The Kier molecular flexibility index (Phi) is 1.78. The van der Waals surface area contributed by atoms with Gasteiger partial charge in [0.1, 0.15) is 11.5 Å². The van der Waals surface area contributed by atoms with Crippen molar-refractivity contribution in [2.75, 3.05) is 14.2 Å². The Morgan fingerprint density at radius 3 is 1.80 bits per heavy atom. The molecule has 3 rings (SSSR count). The molecular formula is C13H14O2. The molecule has 78 valence electrons. The average molecular weight is 202 g/mol. The molecule has 0 saturated carbocycles. The van der Waals surface area contributed by atoms with Crippen LogP contribution in [0, 0.1) is 0 Å². The summed E-state index contributed by atoms with van der Waals surface area (Å²) >= 11 is 0. The number of hydrogen-bond acceptors (Lipinski definition) is 2. The minimum atomic E-state index is 0.537. The van der Waals surface area contributed by atoms with Crippen molar-refractivity contribution in [3.63, 3.8) is 0 Å². The van der Waals surface area contributed by atoms with E-state index in [0.717, 1.165) is 11.5 Å². The van der Waals surface area contributed by atoms with Gasteiger partial charge in [-0.3, -0.25) is 0 Å². The number of fused-ring (bicyclic) bond motifs is 5. The first-order valence-corrected chi connectivity index (χ1v) is 5.28. The van der Waals surface area contributed by atoms with E-state index in [0.29, 0.717) is 11.8 Å². The first kappa shape index (κ1) is 8.84. The fraction of sp³-hybridized carbons (Fsp3) is 0.385. The second-order valence-corrected chi connectivity index (χ2v) is 4.13. The molecule has 1 aromatic carbocycles. The molecule has 0 heterocycles. The Balaban J connectivity index is 2.23. The highest BCUT2D eigenvalue weighted by Gasteiger charge is 2.37. The Morgan fingerprint density at radius 2 is 1.40 bits per heavy atom. The molecule has 0 aromatic heterocycles. The van der Waals surface area contributed by atoms with Gasteiger partial charge >= 0.3 is 0 Å². The van der Waals surface area contributed by atoms with Crippen molar-refractivity contribution in [2.24, 2.45) is 0 Å². The summed E-state index contributed by atoms with van der Waals surface area (Å²) in [5.41, 5.74) is 2.67. The van der Waals surface area contributed by atoms with Gasteiger partial charge in [0.25, 0.3) is 0 Å². The molecule has 2 aliphatic carbocycles. The topological polar surface area (TPSA) is 18.5 Å². The summed E-state index contributed by atoms with van der Waals surface area (Å²) in [6.45, 7) is 0. The molecule has 1 aromatic rings. The van der Waals surface area contributed by atoms with E-state index in [1.165, 1.54) is 17.5 Å². The summed E-state index contributed by atoms with van der Waals surface area (Å²) in [4.78, 5) is 0. The van der Waals surface area contributed by atoms with E-state index >= 15 is 0 Å². The zero-order chi connectivity index (χ0) is 10.4. The maximum atomic E-state index is 5.42. The molecule has 0 radical (unpaired) electrons. The zero-order valence-electron chi connectivity index (χ0n) is 8.99. The maximum absolute atomic E-state index is 5.42. The van der Waals surface area contributed by atoms with Crippen LogP contribution in [0.1, 0.15) is 29.4 Å². The summed E-state index contributed by atoms with van der Waals surface area (Å²) in [5, 5.41) is 0. The Labute approximate surface area is 89.5 Å². The van der Waals surface area contributed by atoms with Gasteiger partial charge in [-0.25, -0.2) is 0 Å².